The Kier molecular flexibility index (Phi) is 6.75. The van der Waals surface area contributed by atoms with Crippen LogP contribution in [0.2, 0.25) is 0 Å². The monoisotopic (exact) mass is 380 g/mol. The van der Waals surface area contributed by atoms with E-state index in [4.69, 9.17) is 4.42 Å². The van der Waals surface area contributed by atoms with E-state index in [9.17, 15) is 4.79 Å². The van der Waals surface area contributed by atoms with E-state index in [0.29, 0.717) is 12.6 Å². The van der Waals surface area contributed by atoms with Crippen molar-refractivity contribution < 1.29 is 9.21 Å². The van der Waals surface area contributed by atoms with Gasteiger partial charge in [0.15, 0.2) is 4.34 Å². The molecule has 3 rings (SSSR count). The van der Waals surface area contributed by atoms with Gasteiger partial charge in [0.1, 0.15) is 5.76 Å². The van der Waals surface area contributed by atoms with Crippen LogP contribution in [0.15, 0.2) is 27.2 Å². The van der Waals surface area contributed by atoms with Crippen LogP contribution in [0.4, 0.5) is 5.13 Å². The summed E-state index contributed by atoms with van der Waals surface area (Å²) in [5.41, 5.74) is 0. The Labute approximate surface area is 156 Å². The van der Waals surface area contributed by atoms with Gasteiger partial charge in [0.2, 0.25) is 11.0 Å². The molecule has 1 aliphatic rings. The van der Waals surface area contributed by atoms with Crippen LogP contribution in [0.25, 0.3) is 0 Å². The van der Waals surface area contributed by atoms with E-state index in [1.165, 1.54) is 48.8 Å². The number of aromatic nitrogens is 2. The first-order chi connectivity index (χ1) is 12.2. The number of carbonyl (C=O) groups excluding carboxylic acids is 1. The molecule has 1 fully saturated rings. The maximum absolute atomic E-state index is 12.4. The van der Waals surface area contributed by atoms with Crippen molar-refractivity contribution in [3.05, 3.63) is 24.2 Å². The zero-order valence-electron chi connectivity index (χ0n) is 14.4. The quantitative estimate of drug-likeness (QED) is 0.557. The molecule has 25 heavy (non-hydrogen) atoms. The van der Waals surface area contributed by atoms with Gasteiger partial charge >= 0.3 is 0 Å². The fourth-order valence-electron chi connectivity index (χ4n) is 2.85. The van der Waals surface area contributed by atoms with Crippen LogP contribution in [0.1, 0.15) is 51.2 Å². The molecule has 2 N–H and O–H groups in total. The van der Waals surface area contributed by atoms with Crippen LogP contribution < -0.4 is 10.6 Å². The molecular formula is C17H24N4O2S2. The third kappa shape index (κ3) is 5.74. The summed E-state index contributed by atoms with van der Waals surface area (Å²) in [4.78, 5) is 12.4. The molecule has 0 unspecified atom stereocenters. The molecule has 1 amide bonds. The van der Waals surface area contributed by atoms with Gasteiger partial charge in [0.25, 0.3) is 0 Å². The highest BCUT2D eigenvalue weighted by molar-refractivity contribution is 8.02. The molecular weight excluding hydrogens is 356 g/mol. The number of nitrogens with zero attached hydrogens (tertiary/aromatic N) is 2. The van der Waals surface area contributed by atoms with Crippen molar-refractivity contribution in [2.24, 2.45) is 0 Å². The molecule has 0 saturated heterocycles. The summed E-state index contributed by atoms with van der Waals surface area (Å²) in [6.45, 7) is 2.50. The SMILES string of the molecule is C[C@@H](Sc1nnc(NCc2ccco2)s1)C(=O)NC1CCCCCC1. The highest BCUT2D eigenvalue weighted by atomic mass is 32.2. The van der Waals surface area contributed by atoms with Crippen LogP contribution >= 0.6 is 23.1 Å². The first-order valence-electron chi connectivity index (χ1n) is 8.77. The molecule has 0 aromatic carbocycles. The Hall–Kier alpha value is -1.54. The van der Waals surface area contributed by atoms with Crippen molar-refractivity contribution in [2.45, 2.75) is 67.6 Å². The normalized spacial score (nSPS) is 17.0. The topological polar surface area (TPSA) is 80.1 Å². The fraction of sp³-hybridized carbons (Fsp3) is 0.588. The number of carbonyl (C=O) groups is 1. The van der Waals surface area contributed by atoms with Crippen molar-refractivity contribution in [2.75, 3.05) is 5.32 Å². The average Bonchev–Trinajstić information content (AvgIpc) is 3.21. The second-order valence-corrected chi connectivity index (χ2v) is 8.83. The van der Waals surface area contributed by atoms with E-state index >= 15 is 0 Å². The number of anilines is 1. The van der Waals surface area contributed by atoms with Gasteiger partial charge in [-0.05, 0) is 31.9 Å². The summed E-state index contributed by atoms with van der Waals surface area (Å²) < 4.78 is 6.07. The van der Waals surface area contributed by atoms with Crippen LogP contribution in [0.3, 0.4) is 0 Å². The number of amides is 1. The number of thioether (sulfide) groups is 1. The smallest absolute Gasteiger partial charge is 0.233 e. The molecule has 136 valence electrons. The van der Waals surface area contributed by atoms with Crippen LogP contribution in [0.5, 0.6) is 0 Å². The first kappa shape index (κ1) is 18.3. The van der Waals surface area contributed by atoms with E-state index in [-0.39, 0.29) is 11.2 Å². The van der Waals surface area contributed by atoms with Crippen molar-refractivity contribution in [3.8, 4) is 0 Å². The van der Waals surface area contributed by atoms with Gasteiger partial charge in [-0.25, -0.2) is 0 Å². The van der Waals surface area contributed by atoms with Crippen molar-refractivity contribution in [3.63, 3.8) is 0 Å². The number of hydrogen-bond acceptors (Lipinski definition) is 7. The number of nitrogens with one attached hydrogen (secondary N) is 2. The molecule has 8 heteroatoms. The lowest BCUT2D eigenvalue weighted by atomic mass is 10.1. The molecule has 2 aromatic rings. The van der Waals surface area contributed by atoms with E-state index in [0.717, 1.165) is 28.1 Å². The highest BCUT2D eigenvalue weighted by Gasteiger charge is 2.21. The lowest BCUT2D eigenvalue weighted by molar-refractivity contribution is -0.121. The van der Waals surface area contributed by atoms with Crippen molar-refractivity contribution in [1.82, 2.24) is 15.5 Å². The maximum Gasteiger partial charge on any atom is 0.233 e. The molecule has 6 nitrogen and oxygen atoms in total. The lowest BCUT2D eigenvalue weighted by Crippen LogP contribution is -2.39. The summed E-state index contributed by atoms with van der Waals surface area (Å²) in [5, 5.41) is 15.2. The molecule has 1 aliphatic carbocycles. The van der Waals surface area contributed by atoms with Gasteiger partial charge in [-0.15, -0.1) is 10.2 Å². The summed E-state index contributed by atoms with van der Waals surface area (Å²) in [6.07, 6.45) is 8.85. The van der Waals surface area contributed by atoms with Gasteiger partial charge < -0.3 is 15.1 Å². The van der Waals surface area contributed by atoms with Crippen molar-refractivity contribution in [1.29, 1.82) is 0 Å². The summed E-state index contributed by atoms with van der Waals surface area (Å²) in [6, 6.07) is 4.09. The van der Waals surface area contributed by atoms with Crippen molar-refractivity contribution >= 4 is 34.1 Å². The second-order valence-electron chi connectivity index (χ2n) is 6.26. The Morgan fingerprint density at radius 1 is 1.36 bits per heavy atom. The minimum atomic E-state index is -0.172. The van der Waals surface area contributed by atoms with Crippen LogP contribution in [-0.4, -0.2) is 27.4 Å². The van der Waals surface area contributed by atoms with Gasteiger partial charge in [-0.1, -0.05) is 48.8 Å². The van der Waals surface area contributed by atoms with Gasteiger partial charge in [0, 0.05) is 6.04 Å². The zero-order chi connectivity index (χ0) is 17.5. The summed E-state index contributed by atoms with van der Waals surface area (Å²) in [5.74, 6) is 0.942. The lowest BCUT2D eigenvalue weighted by Gasteiger charge is -2.18. The number of rotatable bonds is 7. The van der Waals surface area contributed by atoms with E-state index in [2.05, 4.69) is 20.8 Å². The minimum Gasteiger partial charge on any atom is -0.467 e. The predicted molar refractivity (Wildman–Crippen MR) is 101 cm³/mol. The first-order valence-corrected chi connectivity index (χ1v) is 10.5. The van der Waals surface area contributed by atoms with E-state index in [1.54, 1.807) is 6.26 Å². The Bertz CT molecular complexity index is 651. The van der Waals surface area contributed by atoms with Crippen LogP contribution in [0, 0.1) is 0 Å². The Balaban J connectivity index is 1.45. The third-order valence-corrected chi connectivity index (χ3v) is 6.31. The predicted octanol–water partition coefficient (Wildman–Crippen LogP) is 4.06. The Morgan fingerprint density at radius 2 is 2.16 bits per heavy atom. The molecule has 0 bridgehead atoms. The average molecular weight is 381 g/mol. The molecule has 1 atom stereocenters. The minimum absolute atomic E-state index is 0.0946. The highest BCUT2D eigenvalue weighted by Crippen LogP contribution is 2.29. The number of hydrogen-bond donors (Lipinski definition) is 2. The Morgan fingerprint density at radius 3 is 2.88 bits per heavy atom. The molecule has 2 aromatic heterocycles. The number of furan rings is 1. The standard InChI is InChI=1S/C17H24N4O2S2/c1-12(15(22)19-13-7-4-2-3-5-8-13)24-17-21-20-16(25-17)18-11-14-9-6-10-23-14/h6,9-10,12-13H,2-5,7-8,11H2,1H3,(H,18,20)(H,19,22)/t12-/m1/s1. The zero-order valence-corrected chi connectivity index (χ0v) is 16.0. The molecule has 0 aliphatic heterocycles. The van der Waals surface area contributed by atoms with Gasteiger partial charge in [-0.3, -0.25) is 4.79 Å². The largest absolute Gasteiger partial charge is 0.467 e. The molecule has 0 spiro atoms. The molecule has 1 saturated carbocycles. The third-order valence-electron chi connectivity index (χ3n) is 4.25. The van der Waals surface area contributed by atoms with Gasteiger partial charge in [0.05, 0.1) is 18.1 Å². The van der Waals surface area contributed by atoms with E-state index in [1.807, 2.05) is 19.1 Å². The molecule has 0 radical (unpaired) electrons. The summed E-state index contributed by atoms with van der Waals surface area (Å²) in [7, 11) is 0. The van der Waals surface area contributed by atoms with Gasteiger partial charge in [-0.2, -0.15) is 0 Å². The maximum atomic E-state index is 12.4. The second kappa shape index (κ2) is 9.24. The fourth-order valence-corrected chi connectivity index (χ4v) is 4.75. The summed E-state index contributed by atoms with van der Waals surface area (Å²) >= 11 is 2.92. The van der Waals surface area contributed by atoms with Crippen LogP contribution in [-0.2, 0) is 11.3 Å². The molecule has 2 heterocycles. The van der Waals surface area contributed by atoms with E-state index < -0.39 is 0 Å².